The van der Waals surface area contributed by atoms with Gasteiger partial charge >= 0.3 is 5.97 Å². The Labute approximate surface area is 147 Å². The third kappa shape index (κ3) is 4.76. The first-order valence-electron chi connectivity index (χ1n) is 8.21. The molecular weight excluding hydrogens is 316 g/mol. The molecule has 1 N–H and O–H groups in total. The van der Waals surface area contributed by atoms with E-state index in [1.165, 1.54) is 13.1 Å². The Kier molecular flexibility index (Phi) is 6.46. The first kappa shape index (κ1) is 18.4. The summed E-state index contributed by atoms with van der Waals surface area (Å²) in [5, 5.41) is 9.67. The van der Waals surface area contributed by atoms with Crippen LogP contribution in [0.2, 0.25) is 0 Å². The lowest BCUT2D eigenvalue weighted by molar-refractivity contribution is -0.138. The van der Waals surface area contributed by atoms with E-state index in [4.69, 9.17) is 4.74 Å². The molecule has 1 heterocycles. The Bertz CT molecular complexity index is 806. The van der Waals surface area contributed by atoms with Crippen LogP contribution in [0, 0.1) is 0 Å². The second-order valence-electron chi connectivity index (χ2n) is 5.41. The van der Waals surface area contributed by atoms with Crippen LogP contribution in [0.5, 0.6) is 0 Å². The number of benzene rings is 1. The number of aliphatic hydroxyl groups is 1. The molecule has 0 atom stereocenters. The summed E-state index contributed by atoms with van der Waals surface area (Å²) in [7, 11) is 0. The molecule has 0 radical (unpaired) electrons. The van der Waals surface area contributed by atoms with Crippen LogP contribution in [0.25, 0.3) is 11.1 Å². The highest BCUT2D eigenvalue weighted by Gasteiger charge is 2.12. The van der Waals surface area contributed by atoms with Gasteiger partial charge < -0.3 is 9.84 Å². The zero-order valence-corrected chi connectivity index (χ0v) is 14.7. The van der Waals surface area contributed by atoms with Gasteiger partial charge in [-0.2, -0.15) is 0 Å². The van der Waals surface area contributed by atoms with Crippen molar-refractivity contribution in [3.63, 3.8) is 0 Å². The molecule has 0 saturated heterocycles. The molecule has 0 aliphatic rings. The lowest BCUT2D eigenvalue weighted by Crippen LogP contribution is -2.10. The number of aromatic nitrogens is 1. The van der Waals surface area contributed by atoms with Gasteiger partial charge in [0.1, 0.15) is 11.3 Å². The lowest BCUT2D eigenvalue weighted by atomic mass is 10.00. The maximum Gasteiger partial charge on any atom is 0.343 e. The minimum atomic E-state index is -0.593. The summed E-state index contributed by atoms with van der Waals surface area (Å²) in [6, 6.07) is 9.65. The minimum Gasteiger partial charge on any atom is -0.512 e. The van der Waals surface area contributed by atoms with E-state index in [0.29, 0.717) is 5.69 Å². The Morgan fingerprint density at radius 3 is 2.80 bits per heavy atom. The van der Waals surface area contributed by atoms with Gasteiger partial charge in [0.15, 0.2) is 0 Å². The summed E-state index contributed by atoms with van der Waals surface area (Å²) in [5.74, 6) is -0.717. The molecule has 0 aliphatic carbocycles. The quantitative estimate of drug-likeness (QED) is 0.366. The van der Waals surface area contributed by atoms with E-state index in [2.05, 4.69) is 16.9 Å². The molecule has 0 saturated carbocycles. The summed E-state index contributed by atoms with van der Waals surface area (Å²) >= 11 is 0. The van der Waals surface area contributed by atoms with Gasteiger partial charge in [-0.15, -0.1) is 0 Å². The molecule has 1 aromatic carbocycles. The van der Waals surface area contributed by atoms with Crippen LogP contribution in [0.3, 0.4) is 0 Å². The lowest BCUT2D eigenvalue weighted by Gasteiger charge is -2.08. The number of esters is 1. The number of pyridine rings is 1. The highest BCUT2D eigenvalue weighted by atomic mass is 16.5. The molecule has 0 bridgehead atoms. The van der Waals surface area contributed by atoms with Gasteiger partial charge in [0.25, 0.3) is 0 Å². The Balaban J connectivity index is 2.33. The van der Waals surface area contributed by atoms with Crippen molar-refractivity contribution in [2.45, 2.75) is 27.2 Å². The van der Waals surface area contributed by atoms with Gasteiger partial charge in [-0.3, -0.25) is 9.98 Å². The van der Waals surface area contributed by atoms with Gasteiger partial charge in [0.05, 0.1) is 12.3 Å². The van der Waals surface area contributed by atoms with Crippen molar-refractivity contribution in [3.05, 3.63) is 59.6 Å². The Hall–Kier alpha value is -2.95. The first-order chi connectivity index (χ1) is 12.1. The normalized spacial score (nSPS) is 12.1. The molecule has 25 heavy (non-hydrogen) atoms. The van der Waals surface area contributed by atoms with Gasteiger partial charge in [-0.25, -0.2) is 4.79 Å². The molecule has 2 rings (SSSR count). The van der Waals surface area contributed by atoms with Crippen LogP contribution in [0.15, 0.2) is 59.1 Å². The van der Waals surface area contributed by atoms with Gasteiger partial charge in [-0.05, 0) is 55.2 Å². The summed E-state index contributed by atoms with van der Waals surface area (Å²) < 4.78 is 4.92. The van der Waals surface area contributed by atoms with Crippen molar-refractivity contribution in [1.82, 2.24) is 4.98 Å². The largest absolute Gasteiger partial charge is 0.512 e. The number of carbonyl (C=O) groups is 1. The number of hydrogen-bond donors (Lipinski definition) is 1. The number of hydrogen-bond acceptors (Lipinski definition) is 5. The molecule has 1 aromatic heterocycles. The highest BCUT2D eigenvalue weighted by Crippen LogP contribution is 2.27. The molecule has 0 aliphatic heterocycles. The van der Waals surface area contributed by atoms with Crippen LogP contribution >= 0.6 is 0 Å². The van der Waals surface area contributed by atoms with Crippen LogP contribution in [-0.4, -0.2) is 28.9 Å². The molecular formula is C20H22N2O3. The average Bonchev–Trinajstić information content (AvgIpc) is 2.62. The van der Waals surface area contributed by atoms with Gasteiger partial charge in [-0.1, -0.05) is 19.1 Å². The molecule has 0 spiro atoms. The summed E-state index contributed by atoms with van der Waals surface area (Å²) in [6.45, 7) is 5.46. The van der Waals surface area contributed by atoms with Crippen molar-refractivity contribution in [2.24, 2.45) is 4.99 Å². The molecule has 5 heteroatoms. The van der Waals surface area contributed by atoms with Crippen molar-refractivity contribution >= 4 is 17.9 Å². The maximum absolute atomic E-state index is 11.8. The fraction of sp³-hybridized carbons (Fsp3) is 0.250. The Morgan fingerprint density at radius 2 is 2.12 bits per heavy atom. The van der Waals surface area contributed by atoms with Gasteiger partial charge in [0.2, 0.25) is 0 Å². The standard InChI is InChI=1S/C20H22N2O3/c1-4-15-12-21-10-9-18(15)16-7-6-8-17(11-16)22-13-19(14(3)23)20(24)25-5-2/h6-13,23H,4-5H2,1-3H3. The Morgan fingerprint density at radius 1 is 1.32 bits per heavy atom. The molecule has 0 fully saturated rings. The number of allylic oxidation sites excluding steroid dienone is 1. The fourth-order valence-electron chi connectivity index (χ4n) is 2.39. The number of aliphatic hydroxyl groups excluding tert-OH is 1. The van der Waals surface area contributed by atoms with Crippen LogP contribution in [-0.2, 0) is 16.0 Å². The van der Waals surface area contributed by atoms with E-state index in [9.17, 15) is 9.90 Å². The average molecular weight is 338 g/mol. The molecule has 0 amide bonds. The third-order valence-corrected chi connectivity index (χ3v) is 3.67. The fourth-order valence-corrected chi connectivity index (χ4v) is 2.39. The van der Waals surface area contributed by atoms with Gasteiger partial charge in [0, 0.05) is 18.6 Å². The summed E-state index contributed by atoms with van der Waals surface area (Å²) in [6.07, 6.45) is 5.85. The predicted octanol–water partition coefficient (Wildman–Crippen LogP) is 4.41. The molecule has 2 aromatic rings. The van der Waals surface area contributed by atoms with E-state index in [-0.39, 0.29) is 17.9 Å². The summed E-state index contributed by atoms with van der Waals surface area (Å²) in [4.78, 5) is 20.3. The predicted molar refractivity (Wildman–Crippen MR) is 99.2 cm³/mol. The highest BCUT2D eigenvalue weighted by molar-refractivity contribution is 6.10. The number of rotatable bonds is 6. The van der Waals surface area contributed by atoms with E-state index in [1.807, 2.05) is 36.5 Å². The van der Waals surface area contributed by atoms with Crippen molar-refractivity contribution in [1.29, 1.82) is 0 Å². The first-order valence-corrected chi connectivity index (χ1v) is 8.21. The summed E-state index contributed by atoms with van der Waals surface area (Å²) in [5.41, 5.74) is 4.01. The van der Waals surface area contributed by atoms with Crippen LogP contribution in [0.1, 0.15) is 26.3 Å². The number of aliphatic imine (C=N–C) groups is 1. The number of aryl methyl sites for hydroxylation is 1. The van der Waals surface area contributed by atoms with E-state index >= 15 is 0 Å². The number of ether oxygens (including phenoxy) is 1. The molecule has 5 nitrogen and oxygen atoms in total. The maximum atomic E-state index is 11.8. The van der Waals surface area contributed by atoms with Crippen molar-refractivity contribution in [2.75, 3.05) is 6.61 Å². The van der Waals surface area contributed by atoms with Crippen LogP contribution < -0.4 is 0 Å². The van der Waals surface area contributed by atoms with Crippen molar-refractivity contribution < 1.29 is 14.6 Å². The van der Waals surface area contributed by atoms with E-state index in [0.717, 1.165) is 23.1 Å². The van der Waals surface area contributed by atoms with Crippen LogP contribution in [0.4, 0.5) is 5.69 Å². The van der Waals surface area contributed by atoms with E-state index < -0.39 is 5.97 Å². The monoisotopic (exact) mass is 338 g/mol. The second-order valence-corrected chi connectivity index (χ2v) is 5.41. The SMILES string of the molecule is CCOC(=O)C(C=Nc1cccc(-c2ccncc2CC)c1)=C(C)O. The second kappa shape index (κ2) is 8.78. The topological polar surface area (TPSA) is 71.8 Å². The van der Waals surface area contributed by atoms with E-state index in [1.54, 1.807) is 13.1 Å². The zero-order valence-electron chi connectivity index (χ0n) is 14.7. The third-order valence-electron chi connectivity index (χ3n) is 3.67. The number of nitrogens with zero attached hydrogens (tertiary/aromatic N) is 2. The zero-order chi connectivity index (χ0) is 18.2. The van der Waals surface area contributed by atoms with Crippen molar-refractivity contribution in [3.8, 4) is 11.1 Å². The number of carbonyl (C=O) groups excluding carboxylic acids is 1. The smallest absolute Gasteiger partial charge is 0.343 e. The molecule has 0 unspecified atom stereocenters. The molecule has 130 valence electrons. The minimum absolute atomic E-state index is 0.0467.